The molecule has 0 aromatic carbocycles. The lowest BCUT2D eigenvalue weighted by Crippen LogP contribution is -2.45. The van der Waals surface area contributed by atoms with E-state index in [1.807, 2.05) is 0 Å². The van der Waals surface area contributed by atoms with E-state index < -0.39 is 9.84 Å². The molecule has 19 heavy (non-hydrogen) atoms. The average Bonchev–Trinajstić information content (AvgIpc) is 2.80. The van der Waals surface area contributed by atoms with Crippen LogP contribution in [0.5, 0.6) is 0 Å². The molecule has 2 bridgehead atoms. The van der Waals surface area contributed by atoms with Crippen molar-refractivity contribution in [3.63, 3.8) is 0 Å². The van der Waals surface area contributed by atoms with E-state index in [-0.39, 0.29) is 0 Å². The summed E-state index contributed by atoms with van der Waals surface area (Å²) in [5.74, 6) is 3.07. The van der Waals surface area contributed by atoms with Crippen LogP contribution in [0.1, 0.15) is 44.9 Å². The first kappa shape index (κ1) is 12.6. The summed E-state index contributed by atoms with van der Waals surface area (Å²) in [6.07, 6.45) is 9.02. The molecule has 4 heteroatoms. The molecule has 1 aliphatic heterocycles. The van der Waals surface area contributed by atoms with Crippen LogP contribution in [0.3, 0.4) is 0 Å². The van der Waals surface area contributed by atoms with E-state index in [4.69, 9.17) is 0 Å². The molecule has 0 aromatic heterocycles. The molecule has 1 heterocycles. The first-order valence-electron chi connectivity index (χ1n) is 8.01. The van der Waals surface area contributed by atoms with Crippen molar-refractivity contribution in [3.05, 3.63) is 0 Å². The van der Waals surface area contributed by atoms with Gasteiger partial charge in [0.25, 0.3) is 0 Å². The highest BCUT2D eigenvalue weighted by Crippen LogP contribution is 2.60. The van der Waals surface area contributed by atoms with Crippen LogP contribution in [0.25, 0.3) is 0 Å². The highest BCUT2D eigenvalue weighted by Gasteiger charge is 2.56. The third-order valence-electron chi connectivity index (χ3n) is 6.37. The molecule has 108 valence electrons. The standard InChI is InChI=1S/C15H25NO2S/c17-19(18)6-5-13(9-19)15(10-16-14-3-4-14)8-11-1-2-12(15)7-11/h11-14,16H,1-10H2. The SMILES string of the molecule is O=S1(=O)CCC(C2(CNC3CC3)CC3CCC2C3)C1. The molecule has 3 saturated carbocycles. The second kappa shape index (κ2) is 4.20. The Labute approximate surface area is 116 Å². The van der Waals surface area contributed by atoms with Crippen LogP contribution in [0, 0.1) is 23.2 Å². The lowest BCUT2D eigenvalue weighted by atomic mass is 9.64. The molecule has 4 aliphatic rings. The van der Waals surface area contributed by atoms with Gasteiger partial charge in [-0.1, -0.05) is 6.42 Å². The van der Waals surface area contributed by atoms with Crippen LogP contribution >= 0.6 is 0 Å². The van der Waals surface area contributed by atoms with Crippen LogP contribution in [-0.4, -0.2) is 32.5 Å². The molecule has 3 aliphatic carbocycles. The van der Waals surface area contributed by atoms with Gasteiger partial charge in [-0.15, -0.1) is 0 Å². The molecule has 0 radical (unpaired) electrons. The van der Waals surface area contributed by atoms with Crippen molar-refractivity contribution in [1.82, 2.24) is 5.32 Å². The lowest BCUT2D eigenvalue weighted by Gasteiger charge is -2.43. The number of fused-ring (bicyclic) bond motifs is 2. The van der Waals surface area contributed by atoms with Crippen LogP contribution in [0.2, 0.25) is 0 Å². The summed E-state index contributed by atoms with van der Waals surface area (Å²) in [4.78, 5) is 0. The van der Waals surface area contributed by atoms with Crippen molar-refractivity contribution in [2.75, 3.05) is 18.1 Å². The number of hydrogen-bond acceptors (Lipinski definition) is 3. The molecule has 0 aromatic rings. The number of sulfone groups is 1. The largest absolute Gasteiger partial charge is 0.313 e. The maximum atomic E-state index is 11.9. The lowest BCUT2D eigenvalue weighted by molar-refractivity contribution is 0.0858. The van der Waals surface area contributed by atoms with E-state index in [1.165, 1.54) is 38.5 Å². The Bertz CT molecular complexity index is 471. The van der Waals surface area contributed by atoms with E-state index in [2.05, 4.69) is 5.32 Å². The molecule has 4 atom stereocenters. The number of hydrogen-bond donors (Lipinski definition) is 1. The number of nitrogens with one attached hydrogen (secondary N) is 1. The van der Waals surface area contributed by atoms with Gasteiger partial charge >= 0.3 is 0 Å². The minimum absolute atomic E-state index is 0.328. The van der Waals surface area contributed by atoms with E-state index in [1.54, 1.807) is 0 Å². The summed E-state index contributed by atoms with van der Waals surface area (Å²) in [7, 11) is -2.74. The fourth-order valence-electron chi connectivity index (χ4n) is 5.22. The monoisotopic (exact) mass is 283 g/mol. The van der Waals surface area contributed by atoms with Gasteiger partial charge in [0, 0.05) is 12.6 Å². The summed E-state index contributed by atoms with van der Waals surface area (Å²) in [6, 6.07) is 0.744. The predicted octanol–water partition coefficient (Wildman–Crippen LogP) is 1.98. The summed E-state index contributed by atoms with van der Waals surface area (Å²) < 4.78 is 23.8. The van der Waals surface area contributed by atoms with Gasteiger partial charge in [0.05, 0.1) is 11.5 Å². The predicted molar refractivity (Wildman–Crippen MR) is 75.7 cm³/mol. The fraction of sp³-hybridized carbons (Fsp3) is 1.00. The van der Waals surface area contributed by atoms with Crippen molar-refractivity contribution < 1.29 is 8.42 Å². The summed E-state index contributed by atoms with van der Waals surface area (Å²) >= 11 is 0. The van der Waals surface area contributed by atoms with Crippen molar-refractivity contribution in [1.29, 1.82) is 0 Å². The average molecular weight is 283 g/mol. The van der Waals surface area contributed by atoms with Gasteiger partial charge in [-0.05, 0) is 61.7 Å². The summed E-state index contributed by atoms with van der Waals surface area (Å²) in [5, 5.41) is 3.73. The van der Waals surface area contributed by atoms with E-state index in [0.717, 1.165) is 30.8 Å². The van der Waals surface area contributed by atoms with Gasteiger partial charge in [-0.2, -0.15) is 0 Å². The minimum Gasteiger partial charge on any atom is -0.313 e. The van der Waals surface area contributed by atoms with Crippen molar-refractivity contribution in [2.24, 2.45) is 23.2 Å². The zero-order valence-corrected chi connectivity index (χ0v) is 12.4. The molecule has 4 fully saturated rings. The van der Waals surface area contributed by atoms with Crippen molar-refractivity contribution in [3.8, 4) is 0 Å². The minimum atomic E-state index is -2.74. The Morgan fingerprint density at radius 2 is 1.89 bits per heavy atom. The Balaban J connectivity index is 1.57. The Morgan fingerprint density at radius 3 is 2.42 bits per heavy atom. The molecular formula is C15H25NO2S. The summed E-state index contributed by atoms with van der Waals surface area (Å²) in [6.45, 7) is 1.10. The van der Waals surface area contributed by atoms with Crippen LogP contribution in [0.15, 0.2) is 0 Å². The molecule has 1 saturated heterocycles. The zero-order chi connectivity index (χ0) is 13.1. The second-order valence-corrected chi connectivity index (χ2v) is 9.80. The Kier molecular flexibility index (Phi) is 2.79. The topological polar surface area (TPSA) is 46.2 Å². The highest BCUT2D eigenvalue weighted by atomic mass is 32.2. The Morgan fingerprint density at radius 1 is 1.05 bits per heavy atom. The maximum absolute atomic E-state index is 11.9. The fourth-order valence-corrected chi connectivity index (χ4v) is 7.14. The molecule has 4 rings (SSSR count). The first-order chi connectivity index (χ1) is 9.07. The van der Waals surface area contributed by atoms with Crippen molar-refractivity contribution in [2.45, 2.75) is 51.0 Å². The van der Waals surface area contributed by atoms with Gasteiger partial charge in [0.2, 0.25) is 0 Å². The van der Waals surface area contributed by atoms with Gasteiger partial charge in [-0.25, -0.2) is 8.42 Å². The molecule has 1 N–H and O–H groups in total. The smallest absolute Gasteiger partial charge is 0.150 e. The number of rotatable bonds is 4. The third-order valence-corrected chi connectivity index (χ3v) is 8.13. The van der Waals surface area contributed by atoms with Crippen LogP contribution in [-0.2, 0) is 9.84 Å². The van der Waals surface area contributed by atoms with Gasteiger partial charge in [0.15, 0.2) is 9.84 Å². The molecule has 4 unspecified atom stereocenters. The van der Waals surface area contributed by atoms with E-state index in [9.17, 15) is 8.42 Å². The highest BCUT2D eigenvalue weighted by molar-refractivity contribution is 7.91. The quantitative estimate of drug-likeness (QED) is 0.858. The van der Waals surface area contributed by atoms with Gasteiger partial charge in [0.1, 0.15) is 0 Å². The van der Waals surface area contributed by atoms with E-state index in [0.29, 0.717) is 22.8 Å². The Hall–Kier alpha value is -0.0900. The normalized spacial score (nSPS) is 47.9. The summed E-state index contributed by atoms with van der Waals surface area (Å²) in [5.41, 5.74) is 0.328. The maximum Gasteiger partial charge on any atom is 0.150 e. The van der Waals surface area contributed by atoms with Crippen LogP contribution in [0.4, 0.5) is 0 Å². The molecule has 0 spiro atoms. The first-order valence-corrected chi connectivity index (χ1v) is 9.83. The van der Waals surface area contributed by atoms with Gasteiger partial charge in [-0.3, -0.25) is 0 Å². The molecule has 3 nitrogen and oxygen atoms in total. The van der Waals surface area contributed by atoms with Crippen molar-refractivity contribution >= 4 is 9.84 Å². The van der Waals surface area contributed by atoms with Gasteiger partial charge < -0.3 is 5.32 Å². The third kappa shape index (κ3) is 2.15. The second-order valence-electron chi connectivity index (χ2n) is 7.57. The van der Waals surface area contributed by atoms with E-state index >= 15 is 0 Å². The molecule has 0 amide bonds. The van der Waals surface area contributed by atoms with Crippen LogP contribution < -0.4 is 5.32 Å². The zero-order valence-electron chi connectivity index (χ0n) is 11.6. The molecular weight excluding hydrogens is 258 g/mol.